The van der Waals surface area contributed by atoms with Gasteiger partial charge in [0.1, 0.15) is 12.3 Å². The second-order valence-corrected chi connectivity index (χ2v) is 7.57. The lowest BCUT2D eigenvalue weighted by atomic mass is 10.1. The number of benzene rings is 1. The molecule has 0 N–H and O–H groups in total. The molecule has 1 aromatic carbocycles. The molecule has 1 aliphatic carbocycles. The fourth-order valence-electron chi connectivity index (χ4n) is 3.08. The second kappa shape index (κ2) is 6.63. The van der Waals surface area contributed by atoms with Gasteiger partial charge in [0.2, 0.25) is 0 Å². The molecule has 0 unspecified atom stereocenters. The largest absolute Gasteiger partial charge is 0.455 e. The van der Waals surface area contributed by atoms with Crippen molar-refractivity contribution < 1.29 is 14.1 Å². The minimum absolute atomic E-state index is 0.0725. The Labute approximate surface area is 159 Å². The third-order valence-electron chi connectivity index (χ3n) is 4.63. The molecule has 0 aliphatic heterocycles. The highest BCUT2D eigenvalue weighted by atomic mass is 32.1. The molecule has 3 aromatic heterocycles. The van der Waals surface area contributed by atoms with Crippen molar-refractivity contribution in [1.29, 1.82) is 0 Å². The van der Waals surface area contributed by atoms with Gasteiger partial charge in [-0.25, -0.2) is 4.79 Å². The molecule has 27 heavy (non-hydrogen) atoms. The number of hydrogen-bond donors (Lipinski definition) is 0. The summed E-state index contributed by atoms with van der Waals surface area (Å²) in [6, 6.07) is 15.3. The van der Waals surface area contributed by atoms with Gasteiger partial charge in [-0.15, -0.1) is 11.3 Å². The zero-order chi connectivity index (χ0) is 18.2. The fraction of sp³-hybridized carbons (Fsp3) is 0.190. The molecular formula is C21H16N2O3S. The zero-order valence-electron chi connectivity index (χ0n) is 14.4. The third-order valence-corrected chi connectivity index (χ3v) is 5.51. The van der Waals surface area contributed by atoms with Crippen molar-refractivity contribution in [1.82, 2.24) is 10.1 Å². The first-order valence-corrected chi connectivity index (χ1v) is 9.72. The number of ether oxygens (including phenoxy) is 1. The van der Waals surface area contributed by atoms with E-state index in [1.165, 1.54) is 0 Å². The van der Waals surface area contributed by atoms with Gasteiger partial charge in [-0.2, -0.15) is 0 Å². The maximum Gasteiger partial charge on any atom is 0.339 e. The number of carbonyl (C=O) groups excluding carboxylic acids is 1. The van der Waals surface area contributed by atoms with E-state index in [0.717, 1.165) is 34.3 Å². The van der Waals surface area contributed by atoms with E-state index in [4.69, 9.17) is 14.2 Å². The van der Waals surface area contributed by atoms with E-state index >= 15 is 0 Å². The lowest BCUT2D eigenvalue weighted by molar-refractivity contribution is 0.0466. The molecular weight excluding hydrogens is 360 g/mol. The van der Waals surface area contributed by atoms with Crippen LogP contribution in [0.3, 0.4) is 0 Å². The highest BCUT2D eigenvalue weighted by Gasteiger charge is 2.27. The number of carbonyl (C=O) groups is 1. The van der Waals surface area contributed by atoms with Gasteiger partial charge < -0.3 is 9.26 Å². The molecule has 6 heteroatoms. The van der Waals surface area contributed by atoms with Crippen molar-refractivity contribution >= 4 is 28.2 Å². The lowest BCUT2D eigenvalue weighted by Gasteiger charge is -2.09. The molecule has 5 rings (SSSR count). The molecule has 5 nitrogen and oxygen atoms in total. The molecule has 1 fully saturated rings. The number of esters is 1. The summed E-state index contributed by atoms with van der Waals surface area (Å²) < 4.78 is 10.9. The molecule has 0 saturated heterocycles. The molecule has 0 bridgehead atoms. The van der Waals surface area contributed by atoms with Crippen LogP contribution in [0.4, 0.5) is 0 Å². The topological polar surface area (TPSA) is 65.2 Å². The van der Waals surface area contributed by atoms with Gasteiger partial charge >= 0.3 is 5.97 Å². The van der Waals surface area contributed by atoms with Crippen molar-refractivity contribution in [3.05, 3.63) is 70.9 Å². The summed E-state index contributed by atoms with van der Waals surface area (Å²) in [5, 5.41) is 6.79. The van der Waals surface area contributed by atoms with E-state index in [1.807, 2.05) is 47.8 Å². The van der Waals surface area contributed by atoms with Gasteiger partial charge in [0.05, 0.1) is 16.0 Å². The summed E-state index contributed by atoms with van der Waals surface area (Å²) in [5.41, 5.74) is 2.95. The molecule has 1 saturated carbocycles. The minimum atomic E-state index is -0.365. The van der Waals surface area contributed by atoms with Crippen LogP contribution >= 0.6 is 11.3 Å². The first kappa shape index (κ1) is 16.2. The average molecular weight is 376 g/mol. The normalized spacial score (nSPS) is 13.8. The van der Waals surface area contributed by atoms with E-state index in [2.05, 4.69) is 5.16 Å². The van der Waals surface area contributed by atoms with Gasteiger partial charge in [0.15, 0.2) is 5.76 Å². The summed E-state index contributed by atoms with van der Waals surface area (Å²) >= 11 is 1.57. The lowest BCUT2D eigenvalue weighted by Crippen LogP contribution is -2.08. The van der Waals surface area contributed by atoms with Crippen LogP contribution in [0.2, 0.25) is 0 Å². The molecule has 0 radical (unpaired) electrons. The molecule has 1 aliphatic rings. The predicted octanol–water partition coefficient (Wildman–Crippen LogP) is 5.19. The van der Waals surface area contributed by atoms with Gasteiger partial charge in [0, 0.05) is 23.1 Å². The van der Waals surface area contributed by atoms with Crippen LogP contribution in [0.1, 0.15) is 40.5 Å². The standard InChI is InChI=1S/C21H16N2O3S/c24-21(25-12-14-10-19(26-23-14)20-6-3-9-27-20)16-11-18(13-7-8-13)22-17-5-2-1-4-15(16)17/h1-6,9-11,13H,7-8,12H2. The summed E-state index contributed by atoms with van der Waals surface area (Å²) in [5.74, 6) is 0.780. The molecule has 134 valence electrons. The molecule has 0 spiro atoms. The Balaban J connectivity index is 1.38. The molecule has 4 aromatic rings. The number of fused-ring (bicyclic) bond motifs is 1. The number of rotatable bonds is 5. The number of hydrogen-bond acceptors (Lipinski definition) is 6. The van der Waals surface area contributed by atoms with Crippen LogP contribution < -0.4 is 0 Å². The summed E-state index contributed by atoms with van der Waals surface area (Å²) in [4.78, 5) is 18.4. The van der Waals surface area contributed by atoms with Crippen LogP contribution in [0.5, 0.6) is 0 Å². The Hall–Kier alpha value is -2.99. The fourth-order valence-corrected chi connectivity index (χ4v) is 3.76. The second-order valence-electron chi connectivity index (χ2n) is 6.62. The van der Waals surface area contributed by atoms with Gasteiger partial charge in [-0.3, -0.25) is 4.98 Å². The number of nitrogens with zero attached hydrogens (tertiary/aromatic N) is 2. The van der Waals surface area contributed by atoms with E-state index in [0.29, 0.717) is 22.9 Å². The highest BCUT2D eigenvalue weighted by Crippen LogP contribution is 2.40. The maximum atomic E-state index is 12.8. The number of aromatic nitrogens is 2. The van der Waals surface area contributed by atoms with Crippen molar-refractivity contribution in [3.63, 3.8) is 0 Å². The Bertz CT molecular complexity index is 1110. The minimum Gasteiger partial charge on any atom is -0.455 e. The molecule has 0 amide bonds. The number of thiophene rings is 1. The van der Waals surface area contributed by atoms with Crippen molar-refractivity contribution in [2.75, 3.05) is 0 Å². The van der Waals surface area contributed by atoms with Crippen LogP contribution in [-0.2, 0) is 11.3 Å². The van der Waals surface area contributed by atoms with E-state index < -0.39 is 0 Å². The van der Waals surface area contributed by atoms with Crippen molar-refractivity contribution in [2.45, 2.75) is 25.4 Å². The van der Waals surface area contributed by atoms with Gasteiger partial charge in [0.25, 0.3) is 0 Å². The Morgan fingerprint density at radius 2 is 2.07 bits per heavy atom. The van der Waals surface area contributed by atoms with E-state index in [-0.39, 0.29) is 12.6 Å². The zero-order valence-corrected chi connectivity index (χ0v) is 15.2. The Morgan fingerprint density at radius 1 is 1.19 bits per heavy atom. The van der Waals surface area contributed by atoms with Crippen LogP contribution in [0, 0.1) is 0 Å². The summed E-state index contributed by atoms with van der Waals surface area (Å²) in [7, 11) is 0. The smallest absolute Gasteiger partial charge is 0.339 e. The molecule has 0 atom stereocenters. The first-order valence-electron chi connectivity index (χ1n) is 8.84. The van der Waals surface area contributed by atoms with Crippen LogP contribution in [0.15, 0.2) is 58.4 Å². The monoisotopic (exact) mass is 376 g/mol. The Morgan fingerprint density at radius 3 is 2.89 bits per heavy atom. The predicted molar refractivity (Wildman–Crippen MR) is 103 cm³/mol. The average Bonchev–Trinajstić information content (AvgIpc) is 3.20. The van der Waals surface area contributed by atoms with Gasteiger partial charge in [-0.1, -0.05) is 29.4 Å². The molecule has 3 heterocycles. The van der Waals surface area contributed by atoms with Crippen molar-refractivity contribution in [3.8, 4) is 10.6 Å². The van der Waals surface area contributed by atoms with E-state index in [9.17, 15) is 4.79 Å². The SMILES string of the molecule is O=C(OCc1cc(-c2cccs2)on1)c1cc(C2CC2)nc2ccccc12. The Kier molecular flexibility index (Phi) is 3.98. The van der Waals surface area contributed by atoms with Crippen molar-refractivity contribution in [2.24, 2.45) is 0 Å². The quantitative estimate of drug-likeness (QED) is 0.449. The van der Waals surface area contributed by atoms with Gasteiger partial charge in [-0.05, 0) is 36.4 Å². The number of pyridine rings is 1. The van der Waals surface area contributed by atoms with E-state index in [1.54, 1.807) is 17.4 Å². The van der Waals surface area contributed by atoms with Crippen LogP contribution in [0.25, 0.3) is 21.5 Å². The summed E-state index contributed by atoms with van der Waals surface area (Å²) in [6.07, 6.45) is 2.26. The third kappa shape index (κ3) is 3.24. The highest BCUT2D eigenvalue weighted by molar-refractivity contribution is 7.13. The first-order chi connectivity index (χ1) is 13.3. The maximum absolute atomic E-state index is 12.8. The van der Waals surface area contributed by atoms with Crippen LogP contribution in [-0.4, -0.2) is 16.1 Å². The number of para-hydroxylation sites is 1. The summed E-state index contributed by atoms with van der Waals surface area (Å²) in [6.45, 7) is 0.0725.